The van der Waals surface area contributed by atoms with E-state index in [4.69, 9.17) is 0 Å². The Labute approximate surface area is 89.0 Å². The van der Waals surface area contributed by atoms with Gasteiger partial charge in [-0.3, -0.25) is 4.79 Å². The van der Waals surface area contributed by atoms with Gasteiger partial charge in [0.2, 0.25) is 5.78 Å². The highest BCUT2D eigenvalue weighted by Crippen LogP contribution is 2.21. The quantitative estimate of drug-likeness (QED) is 0.622. The number of hydrogen-bond acceptors (Lipinski definition) is 2. The highest BCUT2D eigenvalue weighted by atomic mass is 79.9. The minimum absolute atomic E-state index is 0.120. The van der Waals surface area contributed by atoms with E-state index in [0.717, 1.165) is 4.48 Å². The monoisotopic (exact) mass is 341 g/mol. The molecule has 0 amide bonds. The van der Waals surface area contributed by atoms with Crippen LogP contribution >= 0.6 is 48.0 Å². The van der Waals surface area contributed by atoms with E-state index in [0.29, 0.717) is 10.2 Å². The van der Waals surface area contributed by atoms with Crippen LogP contribution in [-0.2, 0) is 4.79 Å². The molecule has 0 spiro atoms. The van der Waals surface area contributed by atoms with Gasteiger partial charge in [0.15, 0.2) is 0 Å². The van der Waals surface area contributed by atoms with Crippen molar-refractivity contribution in [3.8, 4) is 0 Å². The van der Waals surface area contributed by atoms with Gasteiger partial charge in [-0.1, -0.05) is 15.9 Å². The van der Waals surface area contributed by atoms with E-state index >= 15 is 0 Å². The first-order valence-corrected chi connectivity index (χ1v) is 4.92. The number of carbonyl (C=O) groups excluding carboxylic acids is 1. The highest BCUT2D eigenvalue weighted by Gasteiger charge is 2.17. The second kappa shape index (κ2) is 3.78. The van der Waals surface area contributed by atoms with Crippen molar-refractivity contribution in [1.29, 1.82) is 0 Å². The van der Waals surface area contributed by atoms with Crippen LogP contribution in [0.5, 0.6) is 0 Å². The van der Waals surface area contributed by atoms with E-state index in [9.17, 15) is 4.79 Å². The third-order valence-corrected chi connectivity index (χ3v) is 2.51. The molecule has 0 aromatic rings. The molecule has 0 aliphatic heterocycles. The van der Waals surface area contributed by atoms with Crippen molar-refractivity contribution in [3.63, 3.8) is 0 Å². The fourth-order valence-corrected chi connectivity index (χ4v) is 2.08. The Kier molecular flexibility index (Phi) is 3.21. The molecule has 1 rings (SSSR count). The number of halogens is 3. The molecule has 0 saturated heterocycles. The first-order chi connectivity index (χ1) is 5.15. The number of rotatable bonds is 0. The van der Waals surface area contributed by atoms with Crippen LogP contribution in [0, 0.1) is 0 Å². The summed E-state index contributed by atoms with van der Waals surface area (Å²) >= 11 is 9.21. The topological polar surface area (TPSA) is 29.4 Å². The molecule has 0 N–H and O–H groups in total. The van der Waals surface area contributed by atoms with Crippen molar-refractivity contribution in [1.82, 2.24) is 0 Å². The first kappa shape index (κ1) is 9.35. The molecule has 5 heteroatoms. The zero-order valence-corrected chi connectivity index (χ0v) is 9.90. The minimum atomic E-state index is -0.120. The largest absolute Gasteiger partial charge is 0.286 e. The summed E-state index contributed by atoms with van der Waals surface area (Å²) in [6.07, 6.45) is 3.33. The molecule has 2 nitrogen and oxygen atoms in total. The molecule has 1 aliphatic rings. The third kappa shape index (κ3) is 2.10. The molecular weight excluding hydrogens is 342 g/mol. The van der Waals surface area contributed by atoms with Gasteiger partial charge in [-0.15, -0.1) is 0 Å². The summed E-state index contributed by atoms with van der Waals surface area (Å²) < 4.78 is 4.96. The highest BCUT2D eigenvalue weighted by molar-refractivity contribution is 9.12. The lowest BCUT2D eigenvalue weighted by atomic mass is 10.1. The van der Waals surface area contributed by atoms with Gasteiger partial charge in [-0.25, -0.2) is 4.02 Å². The zero-order valence-electron chi connectivity index (χ0n) is 5.14. The number of Topliss-reactive ketones (excluding diaryl/α,β-unsaturated/α-hetero) is 1. The molecule has 0 unspecified atom stereocenters. The Morgan fingerprint density at radius 2 is 1.91 bits per heavy atom. The van der Waals surface area contributed by atoms with E-state index in [1.165, 1.54) is 0 Å². The lowest BCUT2D eigenvalue weighted by Crippen LogP contribution is -2.13. The molecule has 0 atom stereocenters. The standard InChI is InChI=1S/C6H2Br3NO/c7-3-1-4(8)6(11)5(2-3)10-9/h1-2H/b10-5-. The third-order valence-electron chi connectivity index (χ3n) is 1.08. The molecule has 58 valence electrons. The SMILES string of the molecule is O=C1C(Br)=CC(Br)=C/C1=N/Br. The molecule has 0 heterocycles. The van der Waals surface area contributed by atoms with Crippen molar-refractivity contribution in [2.75, 3.05) is 0 Å². The molecule has 0 fully saturated rings. The summed E-state index contributed by atoms with van der Waals surface area (Å²) in [7, 11) is 0. The van der Waals surface area contributed by atoms with Crippen LogP contribution in [0.2, 0.25) is 0 Å². The van der Waals surface area contributed by atoms with E-state index in [1.807, 2.05) is 0 Å². The number of hydrogen-bond donors (Lipinski definition) is 0. The van der Waals surface area contributed by atoms with Crippen LogP contribution < -0.4 is 0 Å². The molecule has 1 aliphatic carbocycles. The molecule has 0 aromatic carbocycles. The second-order valence-corrected chi connectivity index (χ2v) is 3.95. The van der Waals surface area contributed by atoms with Crippen molar-refractivity contribution in [2.45, 2.75) is 0 Å². The van der Waals surface area contributed by atoms with Crippen LogP contribution in [0.3, 0.4) is 0 Å². The average molecular weight is 344 g/mol. The fraction of sp³-hybridized carbons (Fsp3) is 0. The summed E-state index contributed by atoms with van der Waals surface area (Å²) in [6, 6.07) is 0. The van der Waals surface area contributed by atoms with Gasteiger partial charge in [0.05, 0.1) is 20.6 Å². The fourth-order valence-electron chi connectivity index (χ4n) is 0.610. The van der Waals surface area contributed by atoms with Crippen LogP contribution in [0.15, 0.2) is 25.1 Å². The maximum atomic E-state index is 11.2. The van der Waals surface area contributed by atoms with Crippen molar-refractivity contribution in [2.24, 2.45) is 4.02 Å². The Bertz CT molecular complexity index is 290. The molecule has 0 saturated carbocycles. The predicted octanol–water partition coefficient (Wildman–Crippen LogP) is 2.88. The van der Waals surface area contributed by atoms with Crippen LogP contribution in [0.4, 0.5) is 0 Å². The smallest absolute Gasteiger partial charge is 0.218 e. The summed E-state index contributed by atoms with van der Waals surface area (Å²) in [5, 5.41) is 0. The van der Waals surface area contributed by atoms with Crippen LogP contribution in [0.1, 0.15) is 0 Å². The maximum absolute atomic E-state index is 11.2. The van der Waals surface area contributed by atoms with Crippen molar-refractivity contribution >= 4 is 59.5 Å². The number of allylic oxidation sites excluding steroid dienone is 4. The van der Waals surface area contributed by atoms with Gasteiger partial charge in [-0.05, 0) is 28.1 Å². The maximum Gasteiger partial charge on any atom is 0.218 e. The van der Waals surface area contributed by atoms with Crippen molar-refractivity contribution < 1.29 is 4.79 Å². The number of ketones is 1. The normalized spacial score (nSPS) is 21.7. The van der Waals surface area contributed by atoms with Gasteiger partial charge in [-0.2, -0.15) is 0 Å². The predicted molar refractivity (Wildman–Crippen MR) is 55.4 cm³/mol. The lowest BCUT2D eigenvalue weighted by Gasteiger charge is -2.03. The lowest BCUT2D eigenvalue weighted by molar-refractivity contribution is -0.109. The Hall–Kier alpha value is 0.260. The van der Waals surface area contributed by atoms with Gasteiger partial charge < -0.3 is 0 Å². The van der Waals surface area contributed by atoms with Crippen LogP contribution in [-0.4, -0.2) is 11.5 Å². The molecular formula is C6H2Br3NO. The van der Waals surface area contributed by atoms with E-state index in [1.54, 1.807) is 12.2 Å². The van der Waals surface area contributed by atoms with Gasteiger partial charge >= 0.3 is 0 Å². The van der Waals surface area contributed by atoms with Gasteiger partial charge in [0.1, 0.15) is 5.71 Å². The molecule has 11 heavy (non-hydrogen) atoms. The minimum Gasteiger partial charge on any atom is -0.286 e. The Morgan fingerprint density at radius 3 is 2.45 bits per heavy atom. The zero-order chi connectivity index (χ0) is 8.43. The molecule has 0 bridgehead atoms. The number of carbonyl (C=O) groups is 1. The van der Waals surface area contributed by atoms with Gasteiger partial charge in [0.25, 0.3) is 0 Å². The summed E-state index contributed by atoms with van der Waals surface area (Å²) in [6.45, 7) is 0. The van der Waals surface area contributed by atoms with Crippen molar-refractivity contribution in [3.05, 3.63) is 21.1 Å². The van der Waals surface area contributed by atoms with E-state index in [2.05, 4.69) is 52.0 Å². The summed E-state index contributed by atoms with van der Waals surface area (Å²) in [5.74, 6) is -0.120. The van der Waals surface area contributed by atoms with Gasteiger partial charge in [0, 0.05) is 4.48 Å². The molecule has 0 radical (unpaired) electrons. The average Bonchev–Trinajstić information content (AvgIpc) is 1.96. The van der Waals surface area contributed by atoms with Crippen LogP contribution in [0.25, 0.3) is 0 Å². The van der Waals surface area contributed by atoms with E-state index < -0.39 is 0 Å². The van der Waals surface area contributed by atoms with E-state index in [-0.39, 0.29) is 5.78 Å². The summed E-state index contributed by atoms with van der Waals surface area (Å²) in [4.78, 5) is 11.2. The first-order valence-electron chi connectivity index (χ1n) is 2.63. The Morgan fingerprint density at radius 1 is 1.27 bits per heavy atom. The Balaban J connectivity index is 3.10. The number of nitrogens with zero attached hydrogens (tertiary/aromatic N) is 1. The second-order valence-electron chi connectivity index (χ2n) is 1.82. The molecule has 0 aromatic heterocycles. The summed E-state index contributed by atoms with van der Waals surface area (Å²) in [5.41, 5.74) is 0.381.